The Hall–Kier alpha value is -2.08. The van der Waals surface area contributed by atoms with E-state index < -0.39 is 0 Å². The van der Waals surface area contributed by atoms with Gasteiger partial charge in [-0.2, -0.15) is 0 Å². The van der Waals surface area contributed by atoms with Gasteiger partial charge in [0, 0.05) is 44.0 Å². The van der Waals surface area contributed by atoms with E-state index >= 15 is 0 Å². The molecule has 1 aromatic carbocycles. The highest BCUT2D eigenvalue weighted by atomic mass is 16.5. The average Bonchev–Trinajstić information content (AvgIpc) is 3.19. The van der Waals surface area contributed by atoms with Crippen molar-refractivity contribution in [2.45, 2.75) is 65.9 Å². The third-order valence-electron chi connectivity index (χ3n) is 5.85. The van der Waals surface area contributed by atoms with Crippen molar-refractivity contribution in [3.8, 4) is 0 Å². The molecule has 0 aromatic heterocycles. The zero-order chi connectivity index (χ0) is 21.7. The van der Waals surface area contributed by atoms with Crippen molar-refractivity contribution >= 4 is 23.2 Å². The number of anilines is 2. The van der Waals surface area contributed by atoms with E-state index in [1.165, 1.54) is 0 Å². The number of nitrogens with zero attached hydrogens (tertiary/aromatic N) is 1. The topological polar surface area (TPSA) is 70.7 Å². The molecule has 0 aliphatic carbocycles. The molecule has 1 atom stereocenters. The molecular formula is C24H37N3O3. The van der Waals surface area contributed by atoms with Crippen molar-refractivity contribution in [2.75, 3.05) is 36.5 Å². The Kier molecular flexibility index (Phi) is 7.40. The zero-order valence-electron chi connectivity index (χ0n) is 18.9. The molecule has 0 bridgehead atoms. The molecule has 2 aliphatic rings. The van der Waals surface area contributed by atoms with Crippen LogP contribution in [0.25, 0.3) is 0 Å². The second kappa shape index (κ2) is 9.82. The van der Waals surface area contributed by atoms with Gasteiger partial charge in [-0.15, -0.1) is 0 Å². The molecule has 166 valence electrons. The standard InChI is InChI=1S/C24H37N3O3/c1-17-9-11-27(12-10-17)21-8-7-18(26-22(28)15-24(2,3)4)14-20(21)23(29)25-16-19-6-5-13-30-19/h7-8,14,17,19H,5-6,9-13,15-16H2,1-4H3,(H,25,29)(H,26,28). The summed E-state index contributed by atoms with van der Waals surface area (Å²) >= 11 is 0. The third-order valence-corrected chi connectivity index (χ3v) is 5.85. The van der Waals surface area contributed by atoms with Gasteiger partial charge < -0.3 is 20.3 Å². The first kappa shape index (κ1) is 22.6. The van der Waals surface area contributed by atoms with Crippen LogP contribution in [-0.4, -0.2) is 44.2 Å². The highest BCUT2D eigenvalue weighted by Gasteiger charge is 2.24. The number of rotatable bonds is 6. The fourth-order valence-corrected chi connectivity index (χ4v) is 4.11. The van der Waals surface area contributed by atoms with Gasteiger partial charge in [-0.25, -0.2) is 0 Å². The zero-order valence-corrected chi connectivity index (χ0v) is 18.9. The Morgan fingerprint density at radius 2 is 1.90 bits per heavy atom. The van der Waals surface area contributed by atoms with Gasteiger partial charge in [0.05, 0.1) is 11.7 Å². The lowest BCUT2D eigenvalue weighted by Gasteiger charge is -2.33. The van der Waals surface area contributed by atoms with Crippen LogP contribution in [0.1, 0.15) is 70.2 Å². The lowest BCUT2D eigenvalue weighted by Crippen LogP contribution is -2.36. The number of piperidine rings is 1. The molecule has 0 radical (unpaired) electrons. The second-order valence-electron chi connectivity index (χ2n) is 10.0. The number of hydrogen-bond donors (Lipinski definition) is 2. The SMILES string of the molecule is CC1CCN(c2ccc(NC(=O)CC(C)(C)C)cc2C(=O)NCC2CCCO2)CC1. The fourth-order valence-electron chi connectivity index (χ4n) is 4.11. The average molecular weight is 416 g/mol. The fraction of sp³-hybridized carbons (Fsp3) is 0.667. The van der Waals surface area contributed by atoms with E-state index in [0.29, 0.717) is 30.1 Å². The van der Waals surface area contributed by atoms with Crippen LogP contribution in [0.15, 0.2) is 18.2 Å². The van der Waals surface area contributed by atoms with Crippen molar-refractivity contribution < 1.29 is 14.3 Å². The molecule has 0 spiro atoms. The van der Waals surface area contributed by atoms with Crippen LogP contribution in [-0.2, 0) is 9.53 Å². The van der Waals surface area contributed by atoms with Crippen molar-refractivity contribution in [2.24, 2.45) is 11.3 Å². The van der Waals surface area contributed by atoms with E-state index in [1.807, 2.05) is 39.0 Å². The van der Waals surface area contributed by atoms with Crippen LogP contribution >= 0.6 is 0 Å². The monoisotopic (exact) mass is 415 g/mol. The summed E-state index contributed by atoms with van der Waals surface area (Å²) in [7, 11) is 0. The highest BCUT2D eigenvalue weighted by Crippen LogP contribution is 2.29. The van der Waals surface area contributed by atoms with Crippen LogP contribution in [0.3, 0.4) is 0 Å². The largest absolute Gasteiger partial charge is 0.376 e. The first-order valence-electron chi connectivity index (χ1n) is 11.3. The molecule has 2 heterocycles. The summed E-state index contributed by atoms with van der Waals surface area (Å²) in [5.74, 6) is 0.577. The summed E-state index contributed by atoms with van der Waals surface area (Å²) < 4.78 is 5.64. The number of hydrogen-bond acceptors (Lipinski definition) is 4. The van der Waals surface area contributed by atoms with E-state index in [4.69, 9.17) is 4.74 Å². The summed E-state index contributed by atoms with van der Waals surface area (Å²) in [6.45, 7) is 11.6. The van der Waals surface area contributed by atoms with E-state index in [1.54, 1.807) is 0 Å². The first-order chi connectivity index (χ1) is 14.2. The summed E-state index contributed by atoms with van der Waals surface area (Å²) in [5.41, 5.74) is 2.15. The molecule has 0 saturated carbocycles. The molecule has 2 fully saturated rings. The van der Waals surface area contributed by atoms with Gasteiger partial charge >= 0.3 is 0 Å². The minimum Gasteiger partial charge on any atom is -0.376 e. The predicted molar refractivity (Wildman–Crippen MR) is 121 cm³/mol. The molecule has 30 heavy (non-hydrogen) atoms. The maximum Gasteiger partial charge on any atom is 0.253 e. The van der Waals surface area contributed by atoms with E-state index in [9.17, 15) is 9.59 Å². The Morgan fingerprint density at radius 1 is 1.17 bits per heavy atom. The minimum atomic E-state index is -0.106. The highest BCUT2D eigenvalue weighted by molar-refractivity contribution is 6.02. The molecule has 1 aromatic rings. The molecule has 6 nitrogen and oxygen atoms in total. The Bertz CT molecular complexity index is 743. The molecule has 2 aliphatic heterocycles. The molecule has 3 rings (SSSR count). The summed E-state index contributed by atoms with van der Waals surface area (Å²) in [5, 5.41) is 6.01. The maximum atomic E-state index is 13.1. The van der Waals surface area contributed by atoms with Crippen molar-refractivity contribution in [3.05, 3.63) is 23.8 Å². The molecule has 6 heteroatoms. The van der Waals surface area contributed by atoms with Gasteiger partial charge in [0.2, 0.25) is 5.91 Å². The number of amides is 2. The quantitative estimate of drug-likeness (QED) is 0.730. The summed E-state index contributed by atoms with van der Waals surface area (Å²) in [6.07, 6.45) is 4.82. The van der Waals surface area contributed by atoms with Gasteiger partial charge in [0.25, 0.3) is 5.91 Å². The maximum absolute atomic E-state index is 13.1. The number of carbonyl (C=O) groups is 2. The molecule has 2 N–H and O–H groups in total. The summed E-state index contributed by atoms with van der Waals surface area (Å²) in [6, 6.07) is 5.70. The smallest absolute Gasteiger partial charge is 0.253 e. The van der Waals surface area contributed by atoms with Crippen LogP contribution in [0.4, 0.5) is 11.4 Å². The van der Waals surface area contributed by atoms with Gasteiger partial charge in [0.1, 0.15) is 0 Å². The Labute approximate surface area is 180 Å². The van der Waals surface area contributed by atoms with Crippen LogP contribution < -0.4 is 15.5 Å². The Morgan fingerprint density at radius 3 is 2.53 bits per heavy atom. The number of carbonyl (C=O) groups excluding carboxylic acids is 2. The normalized spacial score (nSPS) is 20.3. The molecular weight excluding hydrogens is 378 g/mol. The van der Waals surface area contributed by atoms with Gasteiger partial charge in [-0.05, 0) is 55.2 Å². The lowest BCUT2D eigenvalue weighted by molar-refractivity contribution is -0.117. The van der Waals surface area contributed by atoms with E-state index in [0.717, 1.165) is 51.1 Å². The second-order valence-corrected chi connectivity index (χ2v) is 10.0. The van der Waals surface area contributed by atoms with Gasteiger partial charge in [-0.1, -0.05) is 27.7 Å². The van der Waals surface area contributed by atoms with Gasteiger partial charge in [0.15, 0.2) is 0 Å². The van der Waals surface area contributed by atoms with E-state index in [2.05, 4.69) is 22.5 Å². The molecule has 1 unspecified atom stereocenters. The van der Waals surface area contributed by atoms with Crippen LogP contribution in [0, 0.1) is 11.3 Å². The predicted octanol–water partition coefficient (Wildman–Crippen LogP) is 4.21. The number of benzene rings is 1. The third kappa shape index (κ3) is 6.46. The molecule has 2 amide bonds. The Balaban J connectivity index is 1.77. The van der Waals surface area contributed by atoms with Crippen LogP contribution in [0.5, 0.6) is 0 Å². The lowest BCUT2D eigenvalue weighted by atomic mass is 9.92. The van der Waals surface area contributed by atoms with Crippen molar-refractivity contribution in [1.29, 1.82) is 0 Å². The van der Waals surface area contributed by atoms with Crippen molar-refractivity contribution in [1.82, 2.24) is 5.32 Å². The van der Waals surface area contributed by atoms with Crippen molar-refractivity contribution in [3.63, 3.8) is 0 Å². The minimum absolute atomic E-state index is 0.0345. The summed E-state index contributed by atoms with van der Waals surface area (Å²) in [4.78, 5) is 27.8. The van der Waals surface area contributed by atoms with Crippen LogP contribution in [0.2, 0.25) is 0 Å². The first-order valence-corrected chi connectivity index (χ1v) is 11.3. The number of nitrogens with one attached hydrogen (secondary N) is 2. The number of ether oxygens (including phenoxy) is 1. The van der Waals surface area contributed by atoms with Gasteiger partial charge in [-0.3, -0.25) is 9.59 Å². The molecule has 2 saturated heterocycles. The van der Waals surface area contributed by atoms with E-state index in [-0.39, 0.29) is 23.3 Å².